The van der Waals surface area contributed by atoms with E-state index in [4.69, 9.17) is 0 Å². The Morgan fingerprint density at radius 2 is 1.92 bits per heavy atom. The Kier molecular flexibility index (Phi) is 5.33. The molecule has 2 aromatic rings. The highest BCUT2D eigenvalue weighted by Gasteiger charge is 2.23. The first-order valence-electron chi connectivity index (χ1n) is 8.77. The fourth-order valence-electron chi connectivity index (χ4n) is 3.21. The van der Waals surface area contributed by atoms with Crippen molar-refractivity contribution in [3.05, 3.63) is 52.5 Å². The molecule has 2 aromatic heterocycles. The molecule has 0 atom stereocenters. The quantitative estimate of drug-likeness (QED) is 0.798. The number of amides is 1. The number of aromatic nitrogens is 3. The predicted octanol–water partition coefficient (Wildman–Crippen LogP) is 0.602. The number of carbonyl (C=O) groups is 1. The van der Waals surface area contributed by atoms with Gasteiger partial charge in [-0.3, -0.25) is 14.5 Å². The van der Waals surface area contributed by atoms with Gasteiger partial charge in [-0.2, -0.15) is 0 Å². The lowest BCUT2D eigenvalue weighted by Crippen LogP contribution is -2.50. The van der Waals surface area contributed by atoms with Gasteiger partial charge >= 0.3 is 0 Å². The SMILES string of the molecule is CCc1nccn1CCN1CCN(C(=O)c2cccn(C)c2=O)CC1. The summed E-state index contributed by atoms with van der Waals surface area (Å²) in [6.45, 7) is 6.93. The molecular weight excluding hydrogens is 318 g/mol. The zero-order valence-electron chi connectivity index (χ0n) is 14.9. The van der Waals surface area contributed by atoms with Crippen LogP contribution in [-0.4, -0.2) is 62.5 Å². The summed E-state index contributed by atoms with van der Waals surface area (Å²) in [6.07, 6.45) is 6.46. The van der Waals surface area contributed by atoms with Crippen molar-refractivity contribution in [2.24, 2.45) is 7.05 Å². The molecule has 3 heterocycles. The van der Waals surface area contributed by atoms with Gasteiger partial charge in [-0.1, -0.05) is 6.92 Å². The highest BCUT2D eigenvalue weighted by Crippen LogP contribution is 2.07. The molecule has 7 heteroatoms. The first-order chi connectivity index (χ1) is 12.1. The first-order valence-corrected chi connectivity index (χ1v) is 8.77. The Labute approximate surface area is 147 Å². The van der Waals surface area contributed by atoms with Crippen LogP contribution in [0.4, 0.5) is 0 Å². The number of imidazole rings is 1. The summed E-state index contributed by atoms with van der Waals surface area (Å²) in [5, 5.41) is 0. The van der Waals surface area contributed by atoms with Gasteiger partial charge in [0.15, 0.2) is 0 Å². The van der Waals surface area contributed by atoms with E-state index in [2.05, 4.69) is 21.4 Å². The molecule has 0 saturated carbocycles. The van der Waals surface area contributed by atoms with Crippen LogP contribution in [0, 0.1) is 0 Å². The van der Waals surface area contributed by atoms with E-state index in [1.165, 1.54) is 4.57 Å². The van der Waals surface area contributed by atoms with Crippen molar-refractivity contribution in [2.45, 2.75) is 19.9 Å². The fraction of sp³-hybridized carbons (Fsp3) is 0.500. The number of carbonyl (C=O) groups excluding carboxylic acids is 1. The Hall–Kier alpha value is -2.41. The van der Waals surface area contributed by atoms with E-state index in [9.17, 15) is 9.59 Å². The van der Waals surface area contributed by atoms with Crippen molar-refractivity contribution < 1.29 is 4.79 Å². The molecule has 0 radical (unpaired) electrons. The minimum atomic E-state index is -0.234. The van der Waals surface area contributed by atoms with Gasteiger partial charge < -0.3 is 14.0 Å². The molecule has 1 aliphatic rings. The summed E-state index contributed by atoms with van der Waals surface area (Å²) in [4.78, 5) is 33.2. The van der Waals surface area contributed by atoms with Crippen LogP contribution in [0.2, 0.25) is 0 Å². The second kappa shape index (κ2) is 7.65. The molecular formula is C18H25N5O2. The monoisotopic (exact) mass is 343 g/mol. The number of nitrogens with zero attached hydrogens (tertiary/aromatic N) is 5. The third kappa shape index (κ3) is 3.82. The van der Waals surface area contributed by atoms with Gasteiger partial charge in [-0.25, -0.2) is 4.98 Å². The van der Waals surface area contributed by atoms with E-state index in [-0.39, 0.29) is 17.0 Å². The topological polar surface area (TPSA) is 63.4 Å². The lowest BCUT2D eigenvalue weighted by Gasteiger charge is -2.34. The summed E-state index contributed by atoms with van der Waals surface area (Å²) in [5.74, 6) is 0.942. The third-order valence-electron chi connectivity index (χ3n) is 4.79. The maximum Gasteiger partial charge on any atom is 0.263 e. The highest BCUT2D eigenvalue weighted by atomic mass is 16.2. The fourth-order valence-corrected chi connectivity index (χ4v) is 3.21. The van der Waals surface area contributed by atoms with E-state index < -0.39 is 0 Å². The molecule has 0 aliphatic carbocycles. The second-order valence-electron chi connectivity index (χ2n) is 6.36. The molecule has 1 aliphatic heterocycles. The van der Waals surface area contributed by atoms with Crippen LogP contribution in [0.25, 0.3) is 0 Å². The van der Waals surface area contributed by atoms with Crippen LogP contribution in [0.3, 0.4) is 0 Å². The average Bonchev–Trinajstić information content (AvgIpc) is 3.10. The van der Waals surface area contributed by atoms with Crippen molar-refractivity contribution in [3.8, 4) is 0 Å². The van der Waals surface area contributed by atoms with Crippen LogP contribution in [0.5, 0.6) is 0 Å². The van der Waals surface area contributed by atoms with Crippen LogP contribution in [-0.2, 0) is 20.0 Å². The van der Waals surface area contributed by atoms with Crippen molar-refractivity contribution in [3.63, 3.8) is 0 Å². The smallest absolute Gasteiger partial charge is 0.263 e. The van der Waals surface area contributed by atoms with Crippen LogP contribution >= 0.6 is 0 Å². The molecule has 25 heavy (non-hydrogen) atoms. The Morgan fingerprint density at radius 1 is 1.16 bits per heavy atom. The Bertz CT molecular complexity index is 787. The van der Waals surface area contributed by atoms with Gasteiger partial charge in [-0.05, 0) is 12.1 Å². The molecule has 1 saturated heterocycles. The summed E-state index contributed by atoms with van der Waals surface area (Å²) in [6, 6.07) is 3.35. The number of pyridine rings is 1. The average molecular weight is 343 g/mol. The number of hydrogen-bond acceptors (Lipinski definition) is 4. The van der Waals surface area contributed by atoms with Crippen molar-refractivity contribution in [1.82, 2.24) is 23.9 Å². The second-order valence-corrected chi connectivity index (χ2v) is 6.36. The third-order valence-corrected chi connectivity index (χ3v) is 4.79. The number of aryl methyl sites for hydroxylation is 2. The zero-order valence-corrected chi connectivity index (χ0v) is 14.9. The number of hydrogen-bond donors (Lipinski definition) is 0. The van der Waals surface area contributed by atoms with Gasteiger partial charge in [0.05, 0.1) is 0 Å². The molecule has 134 valence electrons. The normalized spacial score (nSPS) is 15.5. The van der Waals surface area contributed by atoms with Crippen molar-refractivity contribution >= 4 is 5.91 Å². The van der Waals surface area contributed by atoms with E-state index >= 15 is 0 Å². The molecule has 1 fully saturated rings. The summed E-state index contributed by atoms with van der Waals surface area (Å²) >= 11 is 0. The number of rotatable bonds is 5. The number of piperazine rings is 1. The maximum absolute atomic E-state index is 12.6. The van der Waals surface area contributed by atoms with E-state index in [0.29, 0.717) is 13.1 Å². The van der Waals surface area contributed by atoms with Crippen LogP contribution in [0.15, 0.2) is 35.5 Å². The molecule has 0 aromatic carbocycles. The lowest BCUT2D eigenvalue weighted by atomic mass is 10.2. The standard InChI is InChI=1S/C18H25N5O2/c1-3-16-19-6-8-22(16)12-9-21-10-13-23(14-11-21)18(25)15-5-4-7-20(2)17(15)24/h4-8H,3,9-14H2,1-2H3. The molecule has 1 amide bonds. The van der Waals surface area contributed by atoms with Crippen LogP contribution < -0.4 is 5.56 Å². The van der Waals surface area contributed by atoms with E-state index in [1.807, 2.05) is 12.4 Å². The zero-order chi connectivity index (χ0) is 17.8. The molecule has 0 N–H and O–H groups in total. The van der Waals surface area contributed by atoms with Crippen molar-refractivity contribution in [1.29, 1.82) is 0 Å². The Balaban J connectivity index is 1.54. The molecule has 0 unspecified atom stereocenters. The van der Waals surface area contributed by atoms with Crippen molar-refractivity contribution in [2.75, 3.05) is 32.7 Å². The van der Waals surface area contributed by atoms with Crippen LogP contribution in [0.1, 0.15) is 23.1 Å². The minimum Gasteiger partial charge on any atom is -0.336 e. The van der Waals surface area contributed by atoms with E-state index in [0.717, 1.165) is 38.4 Å². The maximum atomic E-state index is 12.6. The lowest BCUT2D eigenvalue weighted by molar-refractivity contribution is 0.0630. The van der Waals surface area contributed by atoms with Gasteiger partial charge in [0.25, 0.3) is 11.5 Å². The van der Waals surface area contributed by atoms with E-state index in [1.54, 1.807) is 30.3 Å². The largest absolute Gasteiger partial charge is 0.336 e. The van der Waals surface area contributed by atoms with Gasteiger partial charge in [-0.15, -0.1) is 0 Å². The minimum absolute atomic E-state index is 0.163. The Morgan fingerprint density at radius 3 is 2.64 bits per heavy atom. The highest BCUT2D eigenvalue weighted by molar-refractivity contribution is 5.93. The van der Waals surface area contributed by atoms with Gasteiger partial charge in [0.1, 0.15) is 11.4 Å². The molecule has 0 bridgehead atoms. The van der Waals surface area contributed by atoms with Gasteiger partial charge in [0.2, 0.25) is 0 Å². The summed E-state index contributed by atoms with van der Waals surface area (Å²) in [5.41, 5.74) is 0.0200. The molecule has 7 nitrogen and oxygen atoms in total. The predicted molar refractivity (Wildman–Crippen MR) is 95.6 cm³/mol. The van der Waals surface area contributed by atoms with Gasteiger partial charge in [0, 0.05) is 71.3 Å². The summed E-state index contributed by atoms with van der Waals surface area (Å²) < 4.78 is 3.63. The summed E-state index contributed by atoms with van der Waals surface area (Å²) in [7, 11) is 1.66. The first kappa shape index (κ1) is 17.4. The molecule has 3 rings (SSSR count). The molecule has 0 spiro atoms.